The summed E-state index contributed by atoms with van der Waals surface area (Å²) in [7, 11) is 0. The number of aliphatic hydroxyl groups excluding tert-OH is 1. The Labute approximate surface area is 90.5 Å². The number of hydrogen-bond acceptors (Lipinski definition) is 4. The fraction of sp³-hybridized carbons (Fsp3) is 0.545. The molecule has 0 aliphatic rings. The lowest BCUT2D eigenvalue weighted by atomic mass is 10.1. The fourth-order valence-electron chi connectivity index (χ4n) is 1.13. The maximum Gasteiger partial charge on any atom is 0.123 e. The molecule has 1 heterocycles. The van der Waals surface area contributed by atoms with Crippen LogP contribution >= 0.6 is 0 Å². The monoisotopic (exact) mass is 209 g/mol. The van der Waals surface area contributed by atoms with Crippen molar-refractivity contribution >= 4 is 5.82 Å². The second kappa shape index (κ2) is 4.59. The first-order valence-corrected chi connectivity index (χ1v) is 5.03. The Morgan fingerprint density at radius 2 is 2.13 bits per heavy atom. The highest BCUT2D eigenvalue weighted by Crippen LogP contribution is 2.12. The second-order valence-corrected chi connectivity index (χ2v) is 4.66. The lowest BCUT2D eigenvalue weighted by Crippen LogP contribution is -2.38. The van der Waals surface area contributed by atoms with Crippen LogP contribution in [-0.2, 0) is 0 Å². The number of anilines is 1. The number of β-amino-alcohol motifs (C(OH)–C–C–N with tert-alkyl or cyclic N) is 1. The summed E-state index contributed by atoms with van der Waals surface area (Å²) in [4.78, 5) is 3.93. The molecule has 4 N–H and O–H groups in total. The molecule has 0 unspecified atom stereocenters. The normalized spacial score (nSPS) is 13.9. The Morgan fingerprint density at radius 1 is 1.47 bits per heavy atom. The maximum atomic E-state index is 9.83. The molecule has 0 radical (unpaired) electrons. The van der Waals surface area contributed by atoms with E-state index in [1.807, 2.05) is 0 Å². The van der Waals surface area contributed by atoms with Crippen molar-refractivity contribution in [2.24, 2.45) is 0 Å². The molecule has 0 aliphatic carbocycles. The summed E-state index contributed by atoms with van der Waals surface area (Å²) in [6.07, 6.45) is 1.06. The number of nitrogens with zero attached hydrogens (tertiary/aromatic N) is 1. The zero-order valence-electron chi connectivity index (χ0n) is 9.49. The Hall–Kier alpha value is -1.13. The van der Waals surface area contributed by atoms with Gasteiger partial charge in [-0.15, -0.1) is 0 Å². The predicted molar refractivity (Wildman–Crippen MR) is 61.4 cm³/mol. The summed E-state index contributed by atoms with van der Waals surface area (Å²) in [5.74, 6) is 0.467. The van der Waals surface area contributed by atoms with E-state index in [2.05, 4.69) is 31.1 Å². The number of nitrogens with two attached hydrogens (primary N) is 1. The molecule has 1 aromatic rings. The van der Waals surface area contributed by atoms with Crippen molar-refractivity contribution in [3.8, 4) is 0 Å². The smallest absolute Gasteiger partial charge is 0.123 e. The summed E-state index contributed by atoms with van der Waals surface area (Å²) in [5.41, 5.74) is 6.24. The zero-order valence-corrected chi connectivity index (χ0v) is 9.49. The van der Waals surface area contributed by atoms with Gasteiger partial charge in [0.05, 0.1) is 6.10 Å². The number of aliphatic hydroxyl groups is 1. The molecule has 84 valence electrons. The molecule has 1 atom stereocenters. The minimum absolute atomic E-state index is 0.00220. The van der Waals surface area contributed by atoms with Crippen LogP contribution in [0, 0.1) is 0 Å². The van der Waals surface area contributed by atoms with E-state index in [1.54, 1.807) is 18.3 Å². The average molecular weight is 209 g/mol. The first-order valence-electron chi connectivity index (χ1n) is 5.03. The molecule has 0 saturated carbocycles. The molecule has 0 spiro atoms. The third-order valence-corrected chi connectivity index (χ3v) is 2.02. The zero-order chi connectivity index (χ0) is 11.5. The van der Waals surface area contributed by atoms with Gasteiger partial charge in [0.15, 0.2) is 0 Å². The van der Waals surface area contributed by atoms with E-state index in [-0.39, 0.29) is 5.54 Å². The number of nitrogen functional groups attached to an aromatic ring is 1. The predicted octanol–water partition coefficient (Wildman–Crippen LogP) is 1.09. The molecule has 1 rings (SSSR count). The summed E-state index contributed by atoms with van der Waals surface area (Å²) < 4.78 is 0. The number of hydrogen-bond donors (Lipinski definition) is 3. The van der Waals surface area contributed by atoms with E-state index in [0.29, 0.717) is 12.4 Å². The van der Waals surface area contributed by atoms with Crippen LogP contribution < -0.4 is 11.1 Å². The molecular formula is C11H19N3O. The van der Waals surface area contributed by atoms with E-state index < -0.39 is 6.10 Å². The van der Waals surface area contributed by atoms with Crippen LogP contribution in [0.4, 0.5) is 5.82 Å². The molecule has 0 aliphatic heterocycles. The topological polar surface area (TPSA) is 71.2 Å². The van der Waals surface area contributed by atoms with E-state index in [1.165, 1.54) is 0 Å². The number of aromatic nitrogens is 1. The Kier molecular flexibility index (Phi) is 3.66. The van der Waals surface area contributed by atoms with Gasteiger partial charge in [-0.2, -0.15) is 0 Å². The highest BCUT2D eigenvalue weighted by atomic mass is 16.3. The number of pyridine rings is 1. The second-order valence-electron chi connectivity index (χ2n) is 4.66. The van der Waals surface area contributed by atoms with Crippen LogP contribution in [0.25, 0.3) is 0 Å². The first kappa shape index (κ1) is 11.9. The standard InChI is InChI=1S/C11H19N3O/c1-11(2,3)14-7-9(15)8-4-5-10(12)13-6-8/h4-6,9,14-15H,7H2,1-3H3,(H2,12,13)/t9-/m0/s1. The van der Waals surface area contributed by atoms with Gasteiger partial charge in [0.1, 0.15) is 5.82 Å². The van der Waals surface area contributed by atoms with Gasteiger partial charge in [0, 0.05) is 23.8 Å². The lowest BCUT2D eigenvalue weighted by Gasteiger charge is -2.22. The van der Waals surface area contributed by atoms with E-state index >= 15 is 0 Å². The summed E-state index contributed by atoms with van der Waals surface area (Å²) in [6.45, 7) is 6.68. The fourth-order valence-corrected chi connectivity index (χ4v) is 1.13. The molecule has 4 heteroatoms. The summed E-state index contributed by atoms with van der Waals surface area (Å²) in [6, 6.07) is 3.48. The third kappa shape index (κ3) is 4.27. The Morgan fingerprint density at radius 3 is 2.60 bits per heavy atom. The Balaban J connectivity index is 2.54. The van der Waals surface area contributed by atoms with Gasteiger partial charge in [0.25, 0.3) is 0 Å². The lowest BCUT2D eigenvalue weighted by molar-refractivity contribution is 0.163. The molecule has 4 nitrogen and oxygen atoms in total. The van der Waals surface area contributed by atoms with Crippen molar-refractivity contribution in [1.82, 2.24) is 10.3 Å². The third-order valence-electron chi connectivity index (χ3n) is 2.02. The van der Waals surface area contributed by atoms with Crippen LogP contribution in [0.1, 0.15) is 32.4 Å². The van der Waals surface area contributed by atoms with Crippen molar-refractivity contribution < 1.29 is 5.11 Å². The highest BCUT2D eigenvalue weighted by molar-refractivity contribution is 5.30. The van der Waals surface area contributed by atoms with E-state index in [4.69, 9.17) is 5.73 Å². The van der Waals surface area contributed by atoms with Crippen molar-refractivity contribution in [2.45, 2.75) is 32.4 Å². The minimum atomic E-state index is -0.544. The molecule has 0 saturated heterocycles. The number of rotatable bonds is 3. The van der Waals surface area contributed by atoms with Gasteiger partial charge in [-0.25, -0.2) is 4.98 Å². The summed E-state index contributed by atoms with van der Waals surface area (Å²) in [5, 5.41) is 13.1. The van der Waals surface area contributed by atoms with Crippen LogP contribution in [-0.4, -0.2) is 22.2 Å². The van der Waals surface area contributed by atoms with Crippen molar-refractivity contribution in [3.05, 3.63) is 23.9 Å². The first-order chi connectivity index (χ1) is 6.88. The molecule has 0 amide bonds. The van der Waals surface area contributed by atoms with Crippen molar-refractivity contribution in [3.63, 3.8) is 0 Å². The summed E-state index contributed by atoms with van der Waals surface area (Å²) >= 11 is 0. The largest absolute Gasteiger partial charge is 0.387 e. The molecular weight excluding hydrogens is 190 g/mol. The van der Waals surface area contributed by atoms with Gasteiger partial charge in [-0.05, 0) is 26.8 Å². The molecule has 0 fully saturated rings. The maximum absolute atomic E-state index is 9.83. The van der Waals surface area contributed by atoms with Gasteiger partial charge in [-0.1, -0.05) is 6.07 Å². The van der Waals surface area contributed by atoms with Gasteiger partial charge < -0.3 is 16.2 Å². The minimum Gasteiger partial charge on any atom is -0.387 e. The molecule has 0 bridgehead atoms. The molecule has 15 heavy (non-hydrogen) atoms. The van der Waals surface area contributed by atoms with Crippen LogP contribution in [0.15, 0.2) is 18.3 Å². The molecule has 0 aromatic carbocycles. The van der Waals surface area contributed by atoms with Gasteiger partial charge in [0.2, 0.25) is 0 Å². The Bertz CT molecular complexity index is 303. The van der Waals surface area contributed by atoms with Gasteiger partial charge >= 0.3 is 0 Å². The average Bonchev–Trinajstić information content (AvgIpc) is 2.14. The van der Waals surface area contributed by atoms with Crippen LogP contribution in [0.2, 0.25) is 0 Å². The van der Waals surface area contributed by atoms with Crippen LogP contribution in [0.5, 0.6) is 0 Å². The highest BCUT2D eigenvalue weighted by Gasteiger charge is 2.13. The van der Waals surface area contributed by atoms with Crippen molar-refractivity contribution in [2.75, 3.05) is 12.3 Å². The quantitative estimate of drug-likeness (QED) is 0.696. The number of nitrogens with one attached hydrogen (secondary N) is 1. The molecule has 1 aromatic heterocycles. The van der Waals surface area contributed by atoms with Gasteiger partial charge in [-0.3, -0.25) is 0 Å². The van der Waals surface area contributed by atoms with E-state index in [0.717, 1.165) is 5.56 Å². The SMILES string of the molecule is CC(C)(C)NC[C@H](O)c1ccc(N)nc1. The van der Waals surface area contributed by atoms with E-state index in [9.17, 15) is 5.11 Å². The van der Waals surface area contributed by atoms with Crippen molar-refractivity contribution in [1.29, 1.82) is 0 Å². The van der Waals surface area contributed by atoms with Crippen LogP contribution in [0.3, 0.4) is 0 Å².